The van der Waals surface area contributed by atoms with Crippen molar-refractivity contribution in [1.29, 1.82) is 0 Å². The molecular weight excluding hydrogens is 291 g/mol. The third-order valence-electron chi connectivity index (χ3n) is 5.64. The van der Waals surface area contributed by atoms with Gasteiger partial charge in [0.15, 0.2) is 0 Å². The molecule has 131 valence electrons. The summed E-state index contributed by atoms with van der Waals surface area (Å²) in [6.07, 6.45) is 2.92. The molecule has 0 heterocycles. The highest BCUT2D eigenvalue weighted by Crippen LogP contribution is 2.56. The maximum Gasteiger partial charge on any atom is 0.259 e. The second kappa shape index (κ2) is 8.05. The lowest BCUT2D eigenvalue weighted by molar-refractivity contribution is -0.123. The fraction of sp³-hybridized carbons (Fsp3) is 1.00. The molecule has 0 nitrogen and oxygen atoms in total. The average molecular weight is 323 g/mol. The molecule has 2 aliphatic rings. The van der Waals surface area contributed by atoms with E-state index in [9.17, 15) is 17.6 Å². The number of hydrogen-bond donors (Lipinski definition) is 0. The highest BCUT2D eigenvalue weighted by Gasteiger charge is 2.66. The molecule has 0 spiro atoms. The Morgan fingerprint density at radius 1 is 0.682 bits per heavy atom. The van der Waals surface area contributed by atoms with E-state index in [4.69, 9.17) is 0 Å². The molecule has 0 amide bonds. The van der Waals surface area contributed by atoms with Crippen LogP contribution in [-0.2, 0) is 0 Å². The van der Waals surface area contributed by atoms with Crippen LogP contribution in [0.3, 0.4) is 0 Å². The number of hydrogen-bond acceptors (Lipinski definition) is 0. The van der Waals surface area contributed by atoms with Gasteiger partial charge in [-0.3, -0.25) is 0 Å². The van der Waals surface area contributed by atoms with Crippen LogP contribution in [0.25, 0.3) is 0 Å². The van der Waals surface area contributed by atoms with Crippen LogP contribution in [0.4, 0.5) is 17.6 Å². The lowest BCUT2D eigenvalue weighted by Crippen LogP contribution is -2.32. The van der Waals surface area contributed by atoms with Crippen LogP contribution >= 0.6 is 0 Å². The highest BCUT2D eigenvalue weighted by molar-refractivity contribution is 5.75. The standard InChI is InChI=1S/C8H12F4.C8H16.CH4.B/c1-4-5(2)8(11,12)6(3)7(4,9)10;1-6-4-7(2)8(3)5-6;;/h4-6H,1-3H3;6-8H,4-5H2,1-3H3;1H4;. The molecule has 3 radical (unpaired) electrons. The zero-order valence-electron chi connectivity index (χ0n) is 14.0. The zero-order valence-corrected chi connectivity index (χ0v) is 14.0. The molecule has 0 bridgehead atoms. The van der Waals surface area contributed by atoms with Crippen molar-refractivity contribution >= 4 is 8.41 Å². The van der Waals surface area contributed by atoms with Gasteiger partial charge in [-0.2, -0.15) is 0 Å². The Kier molecular flexibility index (Phi) is 8.80. The van der Waals surface area contributed by atoms with Crippen LogP contribution in [0, 0.1) is 35.5 Å². The van der Waals surface area contributed by atoms with E-state index in [0.717, 1.165) is 24.7 Å². The monoisotopic (exact) mass is 323 g/mol. The maximum atomic E-state index is 13.0. The Morgan fingerprint density at radius 3 is 1.05 bits per heavy atom. The maximum absolute atomic E-state index is 13.0. The van der Waals surface area contributed by atoms with Gasteiger partial charge in [0.1, 0.15) is 0 Å². The summed E-state index contributed by atoms with van der Waals surface area (Å²) in [6.45, 7) is 10.4. The quantitative estimate of drug-likeness (QED) is 0.372. The topological polar surface area (TPSA) is 0 Å². The van der Waals surface area contributed by atoms with E-state index in [1.807, 2.05) is 0 Å². The van der Waals surface area contributed by atoms with Gasteiger partial charge in [-0.15, -0.1) is 0 Å². The van der Waals surface area contributed by atoms with Gasteiger partial charge in [0, 0.05) is 20.2 Å². The summed E-state index contributed by atoms with van der Waals surface area (Å²) in [6, 6.07) is 0. The molecule has 2 aliphatic carbocycles. The summed E-state index contributed by atoms with van der Waals surface area (Å²) < 4.78 is 52.0. The summed E-state index contributed by atoms with van der Waals surface area (Å²) in [5.41, 5.74) is 0. The van der Waals surface area contributed by atoms with E-state index in [0.29, 0.717) is 0 Å². The van der Waals surface area contributed by atoms with Crippen LogP contribution in [0.1, 0.15) is 61.8 Å². The number of alkyl halides is 4. The van der Waals surface area contributed by atoms with Crippen LogP contribution < -0.4 is 0 Å². The Balaban J connectivity index is 0. The molecule has 22 heavy (non-hydrogen) atoms. The highest BCUT2D eigenvalue weighted by atomic mass is 19.3. The minimum Gasteiger partial charge on any atom is -0.206 e. The summed E-state index contributed by atoms with van der Waals surface area (Å²) in [5.74, 6) is -7.79. The molecule has 0 saturated heterocycles. The SMILES string of the molecule is C.CC1C(C)C(F)(F)C(C)C1(F)F.CC1CC(C)C(C)C1.[B]. The van der Waals surface area contributed by atoms with Crippen molar-refractivity contribution in [2.24, 2.45) is 35.5 Å². The van der Waals surface area contributed by atoms with E-state index in [1.54, 1.807) is 0 Å². The van der Waals surface area contributed by atoms with Crippen molar-refractivity contribution in [2.45, 2.75) is 73.7 Å². The molecule has 2 saturated carbocycles. The normalized spacial score (nSPS) is 41.7. The van der Waals surface area contributed by atoms with Gasteiger partial charge in [0.2, 0.25) is 0 Å². The van der Waals surface area contributed by atoms with Crippen molar-refractivity contribution in [3.8, 4) is 0 Å². The smallest absolute Gasteiger partial charge is 0.206 e. The molecule has 0 aromatic heterocycles. The van der Waals surface area contributed by atoms with E-state index in [-0.39, 0.29) is 15.8 Å². The van der Waals surface area contributed by atoms with Crippen molar-refractivity contribution in [3.63, 3.8) is 0 Å². The molecule has 4 atom stereocenters. The van der Waals surface area contributed by atoms with Gasteiger partial charge >= 0.3 is 0 Å². The van der Waals surface area contributed by atoms with Crippen LogP contribution in [0.15, 0.2) is 0 Å². The van der Waals surface area contributed by atoms with E-state index < -0.39 is 29.6 Å². The summed E-state index contributed by atoms with van der Waals surface area (Å²) in [7, 11) is 0. The number of halogens is 4. The van der Waals surface area contributed by atoms with Crippen LogP contribution in [0.2, 0.25) is 0 Å². The van der Waals surface area contributed by atoms with Gasteiger partial charge in [0.05, 0.1) is 5.92 Å². The van der Waals surface area contributed by atoms with E-state index in [2.05, 4.69) is 20.8 Å². The van der Waals surface area contributed by atoms with Gasteiger partial charge < -0.3 is 0 Å². The lowest BCUT2D eigenvalue weighted by Gasteiger charge is -2.20. The third-order valence-corrected chi connectivity index (χ3v) is 5.64. The predicted octanol–water partition coefficient (Wildman–Crippen LogP) is 6.12. The van der Waals surface area contributed by atoms with Gasteiger partial charge in [-0.25, -0.2) is 17.6 Å². The Hall–Kier alpha value is -0.215. The summed E-state index contributed by atoms with van der Waals surface area (Å²) in [4.78, 5) is 0. The minimum atomic E-state index is -3.23. The van der Waals surface area contributed by atoms with Gasteiger partial charge in [-0.05, 0) is 30.6 Å². The van der Waals surface area contributed by atoms with E-state index >= 15 is 0 Å². The van der Waals surface area contributed by atoms with E-state index in [1.165, 1.54) is 26.7 Å². The van der Waals surface area contributed by atoms with Crippen molar-refractivity contribution < 1.29 is 17.6 Å². The molecule has 5 heteroatoms. The fourth-order valence-corrected chi connectivity index (χ4v) is 3.54. The van der Waals surface area contributed by atoms with Crippen LogP contribution in [-0.4, -0.2) is 20.3 Å². The molecule has 2 rings (SSSR count). The molecule has 2 fully saturated rings. The third kappa shape index (κ3) is 4.41. The second-order valence-electron chi connectivity index (χ2n) is 7.18. The molecule has 0 N–H and O–H groups in total. The van der Waals surface area contributed by atoms with Crippen molar-refractivity contribution in [3.05, 3.63) is 0 Å². The first-order valence-electron chi connectivity index (χ1n) is 7.67. The predicted molar refractivity (Wildman–Crippen MR) is 86.6 cm³/mol. The largest absolute Gasteiger partial charge is 0.259 e. The summed E-state index contributed by atoms with van der Waals surface area (Å²) in [5, 5.41) is 0. The lowest BCUT2D eigenvalue weighted by atomic mass is 9.97. The van der Waals surface area contributed by atoms with Gasteiger partial charge in [0.25, 0.3) is 11.8 Å². The second-order valence-corrected chi connectivity index (χ2v) is 7.18. The first kappa shape index (κ1) is 24.0. The first-order chi connectivity index (χ1) is 8.92. The minimum absolute atomic E-state index is 0. The molecule has 0 aromatic carbocycles. The molecule has 0 aromatic rings. The number of rotatable bonds is 0. The Morgan fingerprint density at radius 2 is 0.955 bits per heavy atom. The Bertz CT molecular complexity index is 303. The first-order valence-corrected chi connectivity index (χ1v) is 7.67. The Labute approximate surface area is 136 Å². The molecular formula is C17H32BF4. The van der Waals surface area contributed by atoms with Crippen molar-refractivity contribution in [2.75, 3.05) is 0 Å². The van der Waals surface area contributed by atoms with Crippen molar-refractivity contribution in [1.82, 2.24) is 0 Å². The molecule has 4 unspecified atom stereocenters. The average Bonchev–Trinajstić information content (AvgIpc) is 2.67. The molecule has 0 aliphatic heterocycles. The fourth-order valence-electron chi connectivity index (χ4n) is 3.54. The summed E-state index contributed by atoms with van der Waals surface area (Å²) >= 11 is 0. The zero-order chi connectivity index (χ0) is 15.9. The van der Waals surface area contributed by atoms with Gasteiger partial charge in [-0.1, -0.05) is 49.0 Å². The van der Waals surface area contributed by atoms with Crippen LogP contribution in [0.5, 0.6) is 0 Å².